The van der Waals surface area contributed by atoms with Gasteiger partial charge in [0.15, 0.2) is 0 Å². The molecule has 2 aromatic carbocycles. The summed E-state index contributed by atoms with van der Waals surface area (Å²) in [7, 11) is 0. The molecule has 0 aliphatic rings. The number of rotatable bonds is 0. The fourth-order valence-corrected chi connectivity index (χ4v) is 3.56. The van der Waals surface area contributed by atoms with Crippen LogP contribution in [0.1, 0.15) is 11.1 Å². The first-order chi connectivity index (χ1) is 8.62. The second-order valence-corrected chi connectivity index (χ2v) is 8.79. The van der Waals surface area contributed by atoms with Gasteiger partial charge in [0.1, 0.15) is 0 Å². The zero-order valence-corrected chi connectivity index (χ0v) is 14.3. The Balaban J connectivity index is 2.99. The van der Waals surface area contributed by atoms with Gasteiger partial charge in [0, 0.05) is 16.1 Å². The van der Waals surface area contributed by atoms with Gasteiger partial charge >= 0.3 is 0 Å². The van der Waals surface area contributed by atoms with Crippen molar-refractivity contribution >= 4 is 92.0 Å². The van der Waals surface area contributed by atoms with Crippen LogP contribution in [0.3, 0.4) is 0 Å². The van der Waals surface area contributed by atoms with Crippen molar-refractivity contribution in [2.45, 2.75) is 7.59 Å². The predicted molar refractivity (Wildman–Crippen MR) is 87.4 cm³/mol. The van der Waals surface area contributed by atoms with Gasteiger partial charge in [0.25, 0.3) is 0 Å². The summed E-state index contributed by atoms with van der Waals surface area (Å²) in [6, 6.07) is 8.94. The van der Waals surface area contributed by atoms with Gasteiger partial charge in [-0.1, -0.05) is 105 Å². The largest absolute Gasteiger partial charge is 0.217 e. The van der Waals surface area contributed by atoms with E-state index >= 15 is 0 Å². The Hall–Kier alpha value is 0.730. The average molecular weight is 397 g/mol. The molecule has 102 valence electrons. The van der Waals surface area contributed by atoms with Crippen LogP contribution in [0.25, 0.3) is 10.8 Å². The highest BCUT2D eigenvalue weighted by molar-refractivity contribution is 6.70. The van der Waals surface area contributed by atoms with Gasteiger partial charge in [-0.3, -0.25) is 0 Å². The van der Waals surface area contributed by atoms with Crippen molar-refractivity contribution < 1.29 is 0 Å². The van der Waals surface area contributed by atoms with E-state index < -0.39 is 7.59 Å². The lowest BCUT2D eigenvalue weighted by atomic mass is 10.0. The quantitative estimate of drug-likeness (QED) is 0.414. The molecule has 0 radical (unpaired) electrons. The molecule has 0 aromatic heterocycles. The van der Waals surface area contributed by atoms with Crippen molar-refractivity contribution in [3.63, 3.8) is 0 Å². The maximum atomic E-state index is 6.17. The Morgan fingerprint density at radius 1 is 0.737 bits per heavy atom. The lowest BCUT2D eigenvalue weighted by Crippen LogP contribution is -2.13. The summed E-state index contributed by atoms with van der Waals surface area (Å²) in [4.78, 5) is 0. The van der Waals surface area contributed by atoms with E-state index in [0.717, 1.165) is 5.39 Å². The van der Waals surface area contributed by atoms with E-state index in [-0.39, 0.29) is 16.1 Å². The maximum absolute atomic E-state index is 6.17. The van der Waals surface area contributed by atoms with Crippen LogP contribution >= 0.6 is 81.2 Å². The number of fused-ring (bicyclic) bond motifs is 1. The van der Waals surface area contributed by atoms with Crippen molar-refractivity contribution in [2.24, 2.45) is 0 Å². The molecule has 19 heavy (non-hydrogen) atoms. The summed E-state index contributed by atoms with van der Waals surface area (Å²) < 4.78 is -3.55. The highest BCUT2D eigenvalue weighted by Gasteiger charge is 2.38. The highest BCUT2D eigenvalue weighted by Crippen LogP contribution is 2.52. The van der Waals surface area contributed by atoms with Crippen molar-refractivity contribution in [2.75, 3.05) is 0 Å². The summed E-state index contributed by atoms with van der Waals surface area (Å²) in [5.74, 6) is 0. The Kier molecular flexibility index (Phi) is 4.66. The third-order valence-electron chi connectivity index (χ3n) is 2.57. The molecule has 7 heteroatoms. The average Bonchev–Trinajstić information content (AvgIpc) is 2.24. The number of hydrogen-bond donors (Lipinski definition) is 0. The van der Waals surface area contributed by atoms with Crippen LogP contribution < -0.4 is 0 Å². The van der Waals surface area contributed by atoms with Crippen LogP contribution in [0.5, 0.6) is 0 Å². The molecule has 0 nitrogen and oxygen atoms in total. The molecule has 0 heterocycles. The monoisotopic (exact) mass is 394 g/mol. The minimum Gasteiger partial charge on any atom is -0.0838 e. The van der Waals surface area contributed by atoms with E-state index in [9.17, 15) is 0 Å². The van der Waals surface area contributed by atoms with E-state index in [0.29, 0.717) is 5.39 Å². The molecule has 0 amide bonds. The molecule has 0 spiro atoms. The molecule has 2 aromatic rings. The Labute approximate surface area is 145 Å². The first kappa shape index (κ1) is 16.1. The first-order valence-corrected chi connectivity index (χ1v) is 7.62. The molecule has 0 atom stereocenters. The molecule has 0 N–H and O–H groups in total. The molecule has 0 saturated heterocycles. The normalized spacial score (nSPS) is 13.0. The van der Waals surface area contributed by atoms with E-state index in [2.05, 4.69) is 0 Å². The SMILES string of the molecule is Clc1cc2ccccc2c(C(Cl)(Cl)Cl)c1C(Cl)(Cl)Cl. The summed E-state index contributed by atoms with van der Waals surface area (Å²) in [6.07, 6.45) is 0. The maximum Gasteiger partial charge on any atom is 0.217 e. The predicted octanol–water partition coefficient (Wildman–Crippen LogP) is 7.15. The van der Waals surface area contributed by atoms with E-state index in [1.54, 1.807) is 18.2 Å². The molecule has 0 bridgehead atoms. The fourth-order valence-electron chi connectivity index (χ4n) is 1.88. The zero-order chi connectivity index (χ0) is 14.4. The van der Waals surface area contributed by atoms with Crippen LogP contribution in [0, 0.1) is 0 Å². The lowest BCUT2D eigenvalue weighted by molar-refractivity contribution is 1.13. The molecule has 0 aliphatic heterocycles. The summed E-state index contributed by atoms with van der Waals surface area (Å²) >= 11 is 42.1. The van der Waals surface area contributed by atoms with E-state index in [1.807, 2.05) is 12.1 Å². The van der Waals surface area contributed by atoms with Gasteiger partial charge in [0.2, 0.25) is 7.59 Å². The van der Waals surface area contributed by atoms with Crippen LogP contribution in [-0.2, 0) is 7.59 Å². The Morgan fingerprint density at radius 3 is 1.79 bits per heavy atom. The zero-order valence-electron chi connectivity index (χ0n) is 9.03. The first-order valence-electron chi connectivity index (χ1n) is 4.98. The van der Waals surface area contributed by atoms with Crippen LogP contribution in [0.2, 0.25) is 5.02 Å². The molecule has 2 rings (SSSR count). The minimum atomic E-state index is -1.79. The Morgan fingerprint density at radius 2 is 1.26 bits per heavy atom. The second kappa shape index (κ2) is 5.50. The summed E-state index contributed by atoms with van der Waals surface area (Å²) in [5.41, 5.74) is 0.457. The van der Waals surface area contributed by atoms with Gasteiger partial charge < -0.3 is 0 Å². The fraction of sp³-hybridized carbons (Fsp3) is 0.167. The molecule has 0 fully saturated rings. The second-order valence-electron chi connectivity index (χ2n) is 3.83. The Bertz CT molecular complexity index is 622. The number of benzene rings is 2. The molecular formula is C12H5Cl7. The van der Waals surface area contributed by atoms with Gasteiger partial charge in [-0.25, -0.2) is 0 Å². The van der Waals surface area contributed by atoms with Gasteiger partial charge in [-0.05, 0) is 16.8 Å². The third-order valence-corrected chi connectivity index (χ3v) is 4.00. The molecule has 0 saturated carbocycles. The van der Waals surface area contributed by atoms with E-state index in [1.165, 1.54) is 0 Å². The molecule has 0 unspecified atom stereocenters. The number of hydrogen-bond acceptors (Lipinski definition) is 0. The smallest absolute Gasteiger partial charge is 0.0838 e. The van der Waals surface area contributed by atoms with Crippen molar-refractivity contribution in [1.29, 1.82) is 0 Å². The third kappa shape index (κ3) is 3.32. The minimum absolute atomic E-state index is 0.179. The van der Waals surface area contributed by atoms with Crippen molar-refractivity contribution in [1.82, 2.24) is 0 Å². The van der Waals surface area contributed by atoms with E-state index in [4.69, 9.17) is 81.2 Å². The summed E-state index contributed by atoms with van der Waals surface area (Å²) in [6.45, 7) is 0. The number of halogens is 7. The van der Waals surface area contributed by atoms with Gasteiger partial charge in [-0.15, -0.1) is 0 Å². The highest BCUT2D eigenvalue weighted by atomic mass is 35.6. The van der Waals surface area contributed by atoms with Crippen molar-refractivity contribution in [3.05, 3.63) is 46.5 Å². The van der Waals surface area contributed by atoms with Gasteiger partial charge in [0.05, 0.1) is 0 Å². The van der Waals surface area contributed by atoms with Crippen LogP contribution in [0.15, 0.2) is 30.3 Å². The van der Waals surface area contributed by atoms with Crippen LogP contribution in [-0.4, -0.2) is 0 Å². The van der Waals surface area contributed by atoms with Crippen LogP contribution in [0.4, 0.5) is 0 Å². The topological polar surface area (TPSA) is 0 Å². The van der Waals surface area contributed by atoms with Gasteiger partial charge in [-0.2, -0.15) is 0 Å². The molecular weight excluding hydrogens is 392 g/mol. The standard InChI is InChI=1S/C12H5Cl7/c13-8-5-6-3-1-2-4-7(6)9(11(14,15)16)10(8)12(17,18)19/h1-5H. The number of alkyl halides is 6. The van der Waals surface area contributed by atoms with Crippen molar-refractivity contribution in [3.8, 4) is 0 Å². The molecule has 0 aliphatic carbocycles. The summed E-state index contributed by atoms with van der Waals surface area (Å²) in [5, 5.41) is 1.71. The lowest BCUT2D eigenvalue weighted by Gasteiger charge is -2.24.